The van der Waals surface area contributed by atoms with Gasteiger partial charge in [-0.25, -0.2) is 9.97 Å². The highest BCUT2D eigenvalue weighted by atomic mass is 16.5. The van der Waals surface area contributed by atoms with Crippen LogP contribution in [-0.4, -0.2) is 54.3 Å². The van der Waals surface area contributed by atoms with Crippen molar-refractivity contribution in [1.29, 1.82) is 0 Å². The third kappa shape index (κ3) is 5.72. The van der Waals surface area contributed by atoms with E-state index in [1.54, 1.807) is 20.1 Å². The third-order valence-corrected chi connectivity index (χ3v) is 5.96. The van der Waals surface area contributed by atoms with Gasteiger partial charge in [-0.15, -0.1) is 10.2 Å². The number of benzene rings is 1. The summed E-state index contributed by atoms with van der Waals surface area (Å²) < 4.78 is 5.21. The minimum Gasteiger partial charge on any atom is -0.497 e. The number of ether oxygens (including phenoxy) is 1. The van der Waals surface area contributed by atoms with Gasteiger partial charge >= 0.3 is 5.97 Å². The molecule has 0 unspecified atom stereocenters. The quantitative estimate of drug-likeness (QED) is 0.511. The van der Waals surface area contributed by atoms with E-state index in [-0.39, 0.29) is 17.5 Å². The summed E-state index contributed by atoms with van der Waals surface area (Å²) in [5.41, 5.74) is 1.54. The van der Waals surface area contributed by atoms with Crippen LogP contribution in [0.15, 0.2) is 30.3 Å². The fourth-order valence-corrected chi connectivity index (χ4v) is 4.10. The lowest BCUT2D eigenvalue weighted by Gasteiger charge is -2.25. The lowest BCUT2D eigenvalue weighted by atomic mass is 9.82. The Balaban J connectivity index is 1.40. The molecule has 2 heterocycles. The Labute approximate surface area is 196 Å². The van der Waals surface area contributed by atoms with Crippen LogP contribution in [0.3, 0.4) is 0 Å². The number of carboxylic acid groups (broad SMARTS) is 1. The molecule has 34 heavy (non-hydrogen) atoms. The van der Waals surface area contributed by atoms with Crippen LogP contribution in [0.2, 0.25) is 0 Å². The molecule has 1 aromatic carbocycles. The first kappa shape index (κ1) is 23.3. The summed E-state index contributed by atoms with van der Waals surface area (Å²) in [5, 5.41) is 24.7. The molecule has 11 heteroatoms. The van der Waals surface area contributed by atoms with E-state index in [0.29, 0.717) is 49.2 Å². The number of carboxylic acids is 1. The summed E-state index contributed by atoms with van der Waals surface area (Å²) >= 11 is 0. The summed E-state index contributed by atoms with van der Waals surface area (Å²) in [6.07, 6.45) is 2.97. The lowest BCUT2D eigenvalue weighted by molar-refractivity contribution is -0.143. The molecule has 3 aromatic rings. The number of methoxy groups -OCH3 is 1. The summed E-state index contributed by atoms with van der Waals surface area (Å²) in [7, 11) is 1.59. The largest absolute Gasteiger partial charge is 0.497 e. The van der Waals surface area contributed by atoms with Gasteiger partial charge in [-0.2, -0.15) is 4.80 Å². The maximum absolute atomic E-state index is 12.7. The topological polar surface area (TPSA) is 145 Å². The molecule has 1 fully saturated rings. The first-order chi connectivity index (χ1) is 16.4. The maximum atomic E-state index is 12.7. The number of tetrazole rings is 1. The van der Waals surface area contributed by atoms with Crippen molar-refractivity contribution in [3.63, 3.8) is 0 Å². The van der Waals surface area contributed by atoms with Crippen LogP contribution < -0.4 is 10.1 Å². The van der Waals surface area contributed by atoms with Crippen molar-refractivity contribution < 1.29 is 19.4 Å². The zero-order valence-electron chi connectivity index (χ0n) is 19.1. The van der Waals surface area contributed by atoms with E-state index in [1.165, 1.54) is 4.80 Å². The van der Waals surface area contributed by atoms with Crippen LogP contribution in [0.25, 0.3) is 11.5 Å². The average Bonchev–Trinajstić information content (AvgIpc) is 3.31. The van der Waals surface area contributed by atoms with Crippen molar-refractivity contribution in [3.05, 3.63) is 47.4 Å². The average molecular weight is 466 g/mol. The van der Waals surface area contributed by atoms with Gasteiger partial charge in [-0.05, 0) is 67.5 Å². The van der Waals surface area contributed by atoms with Crippen molar-refractivity contribution in [2.24, 2.45) is 11.8 Å². The smallest absolute Gasteiger partial charge is 0.306 e. The molecule has 4 rings (SSSR count). The molecule has 2 aromatic heterocycles. The number of rotatable bonds is 8. The van der Waals surface area contributed by atoms with Crippen LogP contribution in [0.4, 0.5) is 0 Å². The molecule has 0 spiro atoms. The van der Waals surface area contributed by atoms with Crippen LogP contribution in [0, 0.1) is 18.8 Å². The molecular weight excluding hydrogens is 438 g/mol. The molecule has 178 valence electrons. The first-order valence-corrected chi connectivity index (χ1v) is 11.2. The van der Waals surface area contributed by atoms with Crippen molar-refractivity contribution in [2.75, 3.05) is 7.11 Å². The molecule has 0 radical (unpaired) electrons. The Morgan fingerprint density at radius 2 is 1.97 bits per heavy atom. The van der Waals surface area contributed by atoms with E-state index >= 15 is 0 Å². The van der Waals surface area contributed by atoms with Gasteiger partial charge in [0.05, 0.1) is 19.6 Å². The Bertz CT molecular complexity index is 1170. The van der Waals surface area contributed by atoms with E-state index in [2.05, 4.69) is 30.7 Å². The monoisotopic (exact) mass is 465 g/mol. The Morgan fingerprint density at radius 1 is 1.18 bits per heavy atom. The summed E-state index contributed by atoms with van der Waals surface area (Å²) in [6, 6.07) is 9.00. The normalized spacial score (nSPS) is 17.8. The number of amides is 1. The SMILES string of the molecule is COc1cccc(CNC(=O)c2cc(-c3nnn(C[C@H]4CC[C@H](C(=O)O)CC4)n3)nc(C)n2)c1. The number of hydrogen-bond acceptors (Lipinski definition) is 8. The van der Waals surface area contributed by atoms with Crippen LogP contribution in [0.5, 0.6) is 5.75 Å². The lowest BCUT2D eigenvalue weighted by Crippen LogP contribution is -2.24. The predicted molar refractivity (Wildman–Crippen MR) is 121 cm³/mol. The number of aryl methyl sites for hydroxylation is 1. The van der Waals surface area contributed by atoms with Crippen molar-refractivity contribution >= 4 is 11.9 Å². The highest BCUT2D eigenvalue weighted by Crippen LogP contribution is 2.29. The van der Waals surface area contributed by atoms with E-state index in [9.17, 15) is 9.59 Å². The molecule has 2 N–H and O–H groups in total. The summed E-state index contributed by atoms with van der Waals surface area (Å²) in [6.45, 7) is 2.60. The molecule has 11 nitrogen and oxygen atoms in total. The van der Waals surface area contributed by atoms with E-state index in [0.717, 1.165) is 24.2 Å². The van der Waals surface area contributed by atoms with Crippen LogP contribution in [0.1, 0.15) is 47.6 Å². The van der Waals surface area contributed by atoms with Crippen molar-refractivity contribution in [1.82, 2.24) is 35.5 Å². The fraction of sp³-hybridized carbons (Fsp3) is 0.435. The van der Waals surface area contributed by atoms with Crippen LogP contribution in [-0.2, 0) is 17.9 Å². The van der Waals surface area contributed by atoms with Gasteiger partial charge in [-0.3, -0.25) is 9.59 Å². The molecule has 0 saturated heterocycles. The van der Waals surface area contributed by atoms with Gasteiger partial charge in [0.25, 0.3) is 5.91 Å². The Hall–Kier alpha value is -3.89. The van der Waals surface area contributed by atoms with E-state index < -0.39 is 5.97 Å². The van der Waals surface area contributed by atoms with Crippen LogP contribution >= 0.6 is 0 Å². The van der Waals surface area contributed by atoms with E-state index in [4.69, 9.17) is 9.84 Å². The molecule has 1 saturated carbocycles. The minimum absolute atomic E-state index is 0.216. The van der Waals surface area contributed by atoms with E-state index in [1.807, 2.05) is 24.3 Å². The van der Waals surface area contributed by atoms with Gasteiger partial charge in [0.1, 0.15) is 23.0 Å². The van der Waals surface area contributed by atoms with Gasteiger partial charge in [0.15, 0.2) is 0 Å². The molecule has 1 aliphatic rings. The molecule has 0 aliphatic heterocycles. The summed E-state index contributed by atoms with van der Waals surface area (Å²) in [5.74, 6) is 0.449. The maximum Gasteiger partial charge on any atom is 0.306 e. The second kappa shape index (κ2) is 10.4. The van der Waals surface area contributed by atoms with Crippen molar-refractivity contribution in [2.45, 2.75) is 45.7 Å². The van der Waals surface area contributed by atoms with Gasteiger partial charge in [-0.1, -0.05) is 12.1 Å². The molecule has 1 amide bonds. The standard InChI is InChI=1S/C23H27N7O4/c1-14-25-19(11-20(26-14)22(31)24-12-16-4-3-5-18(10-16)34-2)21-27-29-30(28-21)13-15-6-8-17(9-7-15)23(32)33/h3-5,10-11,15,17H,6-9,12-13H2,1-2H3,(H,24,31)(H,32,33)/t15-,17-. The number of nitrogens with zero attached hydrogens (tertiary/aromatic N) is 6. The molecule has 0 bridgehead atoms. The van der Waals surface area contributed by atoms with Gasteiger partial charge in [0.2, 0.25) is 5.82 Å². The first-order valence-electron chi connectivity index (χ1n) is 11.2. The Kier molecular flexibility index (Phi) is 7.09. The summed E-state index contributed by atoms with van der Waals surface area (Å²) in [4.78, 5) is 34.0. The molecule has 1 aliphatic carbocycles. The second-order valence-corrected chi connectivity index (χ2v) is 8.44. The highest BCUT2D eigenvalue weighted by molar-refractivity contribution is 5.93. The number of nitrogens with one attached hydrogen (secondary N) is 1. The number of aromatic nitrogens is 6. The number of carbonyl (C=O) groups is 2. The van der Waals surface area contributed by atoms with Gasteiger partial charge < -0.3 is 15.2 Å². The van der Waals surface area contributed by atoms with Crippen molar-refractivity contribution in [3.8, 4) is 17.3 Å². The zero-order chi connectivity index (χ0) is 24.1. The highest BCUT2D eigenvalue weighted by Gasteiger charge is 2.26. The molecular formula is C23H27N7O4. The van der Waals surface area contributed by atoms with Gasteiger partial charge in [0, 0.05) is 6.54 Å². The second-order valence-electron chi connectivity index (χ2n) is 8.44. The predicted octanol–water partition coefficient (Wildman–Crippen LogP) is 2.27. The molecule has 0 atom stereocenters. The fourth-order valence-electron chi connectivity index (χ4n) is 4.10. The zero-order valence-corrected chi connectivity index (χ0v) is 19.1. The Morgan fingerprint density at radius 3 is 2.71 bits per heavy atom. The number of hydrogen-bond donors (Lipinski definition) is 2. The third-order valence-electron chi connectivity index (χ3n) is 5.96. The number of carbonyl (C=O) groups excluding carboxylic acids is 1. The number of aliphatic carboxylic acids is 1. The minimum atomic E-state index is -0.720.